The molecule has 2 aliphatic heterocycles. The first-order valence-corrected chi connectivity index (χ1v) is 12.5. The van der Waals surface area contributed by atoms with Gasteiger partial charge in [0.15, 0.2) is 0 Å². The smallest absolute Gasteiger partial charge is 0.243 e. The molecule has 1 atom stereocenters. The average molecular weight is 476 g/mol. The lowest BCUT2D eigenvalue weighted by atomic mass is 10.1. The number of rotatable bonds is 5. The molecule has 2 amide bonds. The lowest BCUT2D eigenvalue weighted by Crippen LogP contribution is -2.47. The molecule has 0 aromatic heterocycles. The zero-order valence-corrected chi connectivity index (χ0v) is 19.5. The number of hydrogen-bond acceptors (Lipinski definition) is 4. The number of amides is 2. The number of carbonyl (C=O) groups is 2. The van der Waals surface area contributed by atoms with Gasteiger partial charge >= 0.3 is 0 Å². The largest absolute Gasteiger partial charge is 0.350 e. The highest BCUT2D eigenvalue weighted by Crippen LogP contribution is 2.35. The van der Waals surface area contributed by atoms with E-state index < -0.39 is 16.1 Å². The number of anilines is 1. The van der Waals surface area contributed by atoms with Crippen LogP contribution in [0.3, 0.4) is 0 Å². The molecular weight excluding hydrogens is 450 g/mol. The number of hydrogen-bond donors (Lipinski definition) is 1. The molecule has 0 spiro atoms. The van der Waals surface area contributed by atoms with E-state index in [0.717, 1.165) is 24.8 Å². The Morgan fingerprint density at radius 1 is 1.09 bits per heavy atom. The fourth-order valence-corrected chi connectivity index (χ4v) is 6.18. The van der Waals surface area contributed by atoms with E-state index in [2.05, 4.69) is 5.32 Å². The summed E-state index contributed by atoms with van der Waals surface area (Å²) in [4.78, 5) is 27.0. The second-order valence-electron chi connectivity index (χ2n) is 8.21. The Balaban J connectivity index is 1.55. The quantitative estimate of drug-likeness (QED) is 0.719. The van der Waals surface area contributed by atoms with E-state index in [9.17, 15) is 18.0 Å². The monoisotopic (exact) mass is 475 g/mol. The third-order valence-electron chi connectivity index (χ3n) is 5.99. The molecule has 170 valence electrons. The number of benzene rings is 2. The number of nitrogens with zero attached hydrogens (tertiary/aromatic N) is 2. The van der Waals surface area contributed by atoms with Gasteiger partial charge in [-0.15, -0.1) is 0 Å². The highest BCUT2D eigenvalue weighted by molar-refractivity contribution is 7.89. The molecule has 0 saturated carbocycles. The van der Waals surface area contributed by atoms with Crippen molar-refractivity contribution in [3.8, 4) is 0 Å². The van der Waals surface area contributed by atoms with Crippen LogP contribution in [0, 0.1) is 0 Å². The summed E-state index contributed by atoms with van der Waals surface area (Å²) in [5.41, 5.74) is 2.12. The van der Waals surface area contributed by atoms with Crippen molar-refractivity contribution in [2.75, 3.05) is 18.0 Å². The minimum Gasteiger partial charge on any atom is -0.350 e. The maximum absolute atomic E-state index is 13.1. The van der Waals surface area contributed by atoms with Gasteiger partial charge in [0, 0.05) is 43.7 Å². The van der Waals surface area contributed by atoms with Gasteiger partial charge in [0.25, 0.3) is 0 Å². The van der Waals surface area contributed by atoms with Gasteiger partial charge in [-0.25, -0.2) is 8.42 Å². The maximum Gasteiger partial charge on any atom is 0.243 e. The van der Waals surface area contributed by atoms with Crippen molar-refractivity contribution in [1.82, 2.24) is 9.62 Å². The van der Waals surface area contributed by atoms with Gasteiger partial charge in [-0.1, -0.05) is 30.2 Å². The second-order valence-corrected chi connectivity index (χ2v) is 10.6. The first-order valence-electron chi connectivity index (χ1n) is 10.7. The zero-order chi connectivity index (χ0) is 22.9. The molecule has 2 aromatic carbocycles. The number of carbonyl (C=O) groups excluding carboxylic acids is 2. The van der Waals surface area contributed by atoms with Crippen LogP contribution in [-0.2, 0) is 32.6 Å². The van der Waals surface area contributed by atoms with E-state index in [-0.39, 0.29) is 29.7 Å². The average Bonchev–Trinajstić information content (AvgIpc) is 3.17. The van der Waals surface area contributed by atoms with Crippen LogP contribution in [-0.4, -0.2) is 43.7 Å². The molecule has 0 radical (unpaired) electrons. The van der Waals surface area contributed by atoms with Gasteiger partial charge in [0.1, 0.15) is 6.04 Å². The van der Waals surface area contributed by atoms with E-state index in [0.29, 0.717) is 29.4 Å². The van der Waals surface area contributed by atoms with E-state index >= 15 is 0 Å². The predicted octanol–water partition coefficient (Wildman–Crippen LogP) is 3.11. The summed E-state index contributed by atoms with van der Waals surface area (Å²) in [7, 11) is -3.59. The third-order valence-corrected chi connectivity index (χ3v) is 8.12. The molecule has 2 aromatic rings. The number of piperidine rings is 1. The Bertz CT molecular complexity index is 1150. The molecule has 1 N–H and O–H groups in total. The summed E-state index contributed by atoms with van der Waals surface area (Å²) >= 11 is 6.00. The van der Waals surface area contributed by atoms with Crippen molar-refractivity contribution in [2.45, 2.75) is 50.1 Å². The maximum atomic E-state index is 13.1. The number of halogens is 1. The van der Waals surface area contributed by atoms with E-state index in [4.69, 9.17) is 11.6 Å². The molecule has 2 aliphatic rings. The fraction of sp³-hybridized carbons (Fsp3) is 0.391. The Kier molecular flexibility index (Phi) is 6.55. The van der Waals surface area contributed by atoms with E-state index in [1.54, 1.807) is 30.3 Å². The van der Waals surface area contributed by atoms with Crippen molar-refractivity contribution in [3.63, 3.8) is 0 Å². The molecule has 0 bridgehead atoms. The second kappa shape index (κ2) is 9.21. The summed E-state index contributed by atoms with van der Waals surface area (Å²) in [6, 6.07) is 11.2. The predicted molar refractivity (Wildman–Crippen MR) is 123 cm³/mol. The van der Waals surface area contributed by atoms with Gasteiger partial charge in [0.2, 0.25) is 21.8 Å². The summed E-state index contributed by atoms with van der Waals surface area (Å²) < 4.78 is 27.6. The lowest BCUT2D eigenvalue weighted by molar-refractivity contribution is -0.125. The van der Waals surface area contributed by atoms with Crippen LogP contribution in [0.5, 0.6) is 0 Å². The van der Waals surface area contributed by atoms with Crippen molar-refractivity contribution in [2.24, 2.45) is 0 Å². The highest BCUT2D eigenvalue weighted by Gasteiger charge is 2.38. The van der Waals surface area contributed by atoms with Gasteiger partial charge in [0.05, 0.1) is 4.90 Å². The number of fused-ring (bicyclic) bond motifs is 1. The molecular formula is C23H26ClN3O4S. The molecule has 4 rings (SSSR count). The molecule has 1 saturated heterocycles. The van der Waals surface area contributed by atoms with Gasteiger partial charge in [-0.05, 0) is 54.3 Å². The molecule has 1 fully saturated rings. The minimum atomic E-state index is -3.59. The Morgan fingerprint density at radius 2 is 1.84 bits per heavy atom. The van der Waals surface area contributed by atoms with Crippen LogP contribution in [0.2, 0.25) is 5.02 Å². The van der Waals surface area contributed by atoms with Crippen LogP contribution < -0.4 is 10.2 Å². The van der Waals surface area contributed by atoms with Crippen LogP contribution in [0.4, 0.5) is 5.69 Å². The number of sulfonamides is 1. The molecule has 0 unspecified atom stereocenters. The lowest BCUT2D eigenvalue weighted by Gasteiger charge is -2.26. The summed E-state index contributed by atoms with van der Waals surface area (Å²) in [6.45, 7) is 2.73. The molecule has 9 heteroatoms. The Labute approximate surface area is 193 Å². The van der Waals surface area contributed by atoms with Gasteiger partial charge in [-0.2, -0.15) is 4.31 Å². The van der Waals surface area contributed by atoms with Crippen molar-refractivity contribution >= 4 is 39.1 Å². The summed E-state index contributed by atoms with van der Waals surface area (Å²) in [6.07, 6.45) is 3.02. The minimum absolute atomic E-state index is 0.210. The van der Waals surface area contributed by atoms with Gasteiger partial charge in [-0.3, -0.25) is 14.5 Å². The number of nitrogens with one attached hydrogen (secondary N) is 1. The normalized spacial score (nSPS) is 18.9. The zero-order valence-electron chi connectivity index (χ0n) is 17.9. The van der Waals surface area contributed by atoms with Crippen LogP contribution in [0.15, 0.2) is 47.4 Å². The topological polar surface area (TPSA) is 86.8 Å². The summed E-state index contributed by atoms with van der Waals surface area (Å²) in [5, 5.41) is 3.45. The van der Waals surface area contributed by atoms with Crippen LogP contribution in [0.1, 0.15) is 37.3 Å². The standard InChI is InChI=1S/C23H26ClN3O4S/c1-16(28)27-21-9-8-20(32(30,31)26-10-3-2-4-11-26)13-18(21)14-22(27)23(29)25-15-17-6-5-7-19(24)12-17/h5-9,12-13,22H,2-4,10-11,14-15H2,1H3,(H,25,29)/t22-/m0/s1. The Hall–Kier alpha value is -2.42. The SMILES string of the molecule is CC(=O)N1c2ccc(S(=O)(=O)N3CCCCC3)cc2C[C@H]1C(=O)NCc1cccc(Cl)c1. The third kappa shape index (κ3) is 4.53. The molecule has 0 aliphatic carbocycles. The van der Waals surface area contributed by atoms with E-state index in [1.165, 1.54) is 22.2 Å². The van der Waals surface area contributed by atoms with Gasteiger partial charge < -0.3 is 5.32 Å². The van der Waals surface area contributed by atoms with E-state index in [1.807, 2.05) is 6.07 Å². The van der Waals surface area contributed by atoms with Crippen molar-refractivity contribution in [3.05, 3.63) is 58.6 Å². The first-order chi connectivity index (χ1) is 15.3. The molecule has 2 heterocycles. The highest BCUT2D eigenvalue weighted by atomic mass is 35.5. The summed E-state index contributed by atoms with van der Waals surface area (Å²) in [5.74, 6) is -0.560. The molecule has 7 nitrogen and oxygen atoms in total. The van der Waals surface area contributed by atoms with Crippen molar-refractivity contribution in [1.29, 1.82) is 0 Å². The van der Waals surface area contributed by atoms with Crippen LogP contribution >= 0.6 is 11.6 Å². The fourth-order valence-electron chi connectivity index (χ4n) is 4.40. The Morgan fingerprint density at radius 3 is 2.53 bits per heavy atom. The van der Waals surface area contributed by atoms with Crippen LogP contribution in [0.25, 0.3) is 0 Å². The molecule has 32 heavy (non-hydrogen) atoms. The first kappa shape index (κ1) is 22.8. The van der Waals surface area contributed by atoms with Crippen molar-refractivity contribution < 1.29 is 18.0 Å².